The van der Waals surface area contributed by atoms with Crippen LogP contribution < -0.4 is 0 Å². The van der Waals surface area contributed by atoms with E-state index in [2.05, 4.69) is 15.9 Å². The van der Waals surface area contributed by atoms with Crippen LogP contribution in [0.1, 0.15) is 24.1 Å². The van der Waals surface area contributed by atoms with E-state index in [0.717, 1.165) is 14.3 Å². The minimum Gasteiger partial charge on any atom is -0.468 e. The van der Waals surface area contributed by atoms with Crippen LogP contribution in [0.15, 0.2) is 51.8 Å². The number of nitrogens with zero attached hydrogens (tertiary/aromatic N) is 1. The zero-order chi connectivity index (χ0) is 19.5. The van der Waals surface area contributed by atoms with E-state index in [1.165, 1.54) is 13.2 Å². The third-order valence-electron chi connectivity index (χ3n) is 4.08. The van der Waals surface area contributed by atoms with Gasteiger partial charge in [-0.25, -0.2) is 8.42 Å². The molecule has 2 rings (SSSR count). The molecule has 140 valence electrons. The van der Waals surface area contributed by atoms with E-state index in [-0.39, 0.29) is 4.90 Å². The number of benzene rings is 2. The lowest BCUT2D eigenvalue weighted by atomic mass is 10.1. The van der Waals surface area contributed by atoms with Gasteiger partial charge in [-0.05, 0) is 49.2 Å². The van der Waals surface area contributed by atoms with Gasteiger partial charge in [-0.1, -0.05) is 45.7 Å². The maximum absolute atomic E-state index is 13.3. The number of carbonyl (C=O) groups is 1. The third kappa shape index (κ3) is 4.46. The van der Waals surface area contributed by atoms with E-state index in [9.17, 15) is 13.2 Å². The molecule has 0 fully saturated rings. The first-order valence-corrected chi connectivity index (χ1v) is 10.4. The van der Waals surface area contributed by atoms with Gasteiger partial charge in [0.15, 0.2) is 0 Å². The predicted octanol–water partition coefficient (Wildman–Crippen LogP) is 4.34. The number of halogens is 2. The van der Waals surface area contributed by atoms with E-state index in [1.807, 2.05) is 18.2 Å². The summed E-state index contributed by atoms with van der Waals surface area (Å²) in [5.74, 6) is -0.643. The van der Waals surface area contributed by atoms with Crippen LogP contribution in [0, 0.1) is 6.92 Å². The molecule has 0 aromatic heterocycles. The summed E-state index contributed by atoms with van der Waals surface area (Å²) < 4.78 is 33.2. The number of hydrogen-bond donors (Lipinski definition) is 0. The molecule has 2 aromatic rings. The maximum atomic E-state index is 13.3. The first-order valence-electron chi connectivity index (χ1n) is 7.77. The van der Waals surface area contributed by atoms with Crippen LogP contribution in [0.4, 0.5) is 0 Å². The molecule has 0 aliphatic carbocycles. The highest BCUT2D eigenvalue weighted by atomic mass is 79.9. The molecule has 0 saturated carbocycles. The summed E-state index contributed by atoms with van der Waals surface area (Å²) in [4.78, 5) is 12.0. The van der Waals surface area contributed by atoms with E-state index >= 15 is 0 Å². The molecule has 0 N–H and O–H groups in total. The average molecular weight is 461 g/mol. The highest BCUT2D eigenvalue weighted by molar-refractivity contribution is 9.10. The van der Waals surface area contributed by atoms with Gasteiger partial charge in [-0.3, -0.25) is 4.79 Å². The fraction of sp³-hybridized carbons (Fsp3) is 0.278. The van der Waals surface area contributed by atoms with Gasteiger partial charge in [-0.15, -0.1) is 0 Å². The van der Waals surface area contributed by atoms with Gasteiger partial charge >= 0.3 is 5.97 Å². The number of esters is 1. The molecular formula is C18H19BrClNO4S. The van der Waals surface area contributed by atoms with E-state index in [1.54, 1.807) is 32.0 Å². The van der Waals surface area contributed by atoms with Crippen molar-refractivity contribution in [1.82, 2.24) is 4.31 Å². The second kappa shape index (κ2) is 8.52. The van der Waals surface area contributed by atoms with Crippen molar-refractivity contribution < 1.29 is 17.9 Å². The van der Waals surface area contributed by atoms with E-state index in [4.69, 9.17) is 16.3 Å². The number of rotatable bonds is 6. The monoisotopic (exact) mass is 459 g/mol. The van der Waals surface area contributed by atoms with Gasteiger partial charge in [0.2, 0.25) is 10.0 Å². The molecule has 0 unspecified atom stereocenters. The minimum atomic E-state index is -3.99. The van der Waals surface area contributed by atoms with Gasteiger partial charge < -0.3 is 4.74 Å². The Labute approximate surface area is 167 Å². The van der Waals surface area contributed by atoms with Crippen molar-refractivity contribution in [2.45, 2.75) is 24.8 Å². The van der Waals surface area contributed by atoms with Crippen molar-refractivity contribution in [3.05, 3.63) is 63.1 Å². The highest BCUT2D eigenvalue weighted by Gasteiger charge is 2.33. The normalized spacial score (nSPS) is 12.8. The number of hydrogen-bond acceptors (Lipinski definition) is 4. The zero-order valence-corrected chi connectivity index (χ0v) is 17.7. The van der Waals surface area contributed by atoms with Gasteiger partial charge in [-0.2, -0.15) is 4.31 Å². The smallest absolute Gasteiger partial charge is 0.321 e. The lowest BCUT2D eigenvalue weighted by molar-refractivity contribution is -0.141. The van der Waals surface area contributed by atoms with E-state index in [0.29, 0.717) is 10.6 Å². The standard InChI is InChI=1S/C18H19BrClNO4S/c1-12-16(20)8-5-9-17(12)26(23,24)21(11-18(22)25-3)13(2)14-6-4-7-15(19)10-14/h4-10,13H,11H2,1-3H3/t13-/m0/s1. The molecule has 2 aromatic carbocycles. The lowest BCUT2D eigenvalue weighted by Gasteiger charge is -2.28. The summed E-state index contributed by atoms with van der Waals surface area (Å²) in [7, 11) is -2.76. The molecule has 0 spiro atoms. The summed E-state index contributed by atoms with van der Waals surface area (Å²) in [6.07, 6.45) is 0. The minimum absolute atomic E-state index is 0.0655. The fourth-order valence-electron chi connectivity index (χ4n) is 2.55. The van der Waals surface area contributed by atoms with Crippen LogP contribution in [0.5, 0.6) is 0 Å². The van der Waals surface area contributed by atoms with Gasteiger partial charge in [0, 0.05) is 15.5 Å². The summed E-state index contributed by atoms with van der Waals surface area (Å²) in [5, 5.41) is 0.346. The Morgan fingerprint density at radius 1 is 1.27 bits per heavy atom. The van der Waals surface area contributed by atoms with Crippen LogP contribution >= 0.6 is 27.5 Å². The second-order valence-corrected chi connectivity index (χ2v) is 8.90. The van der Waals surface area contributed by atoms with Crippen LogP contribution in [-0.2, 0) is 19.6 Å². The van der Waals surface area contributed by atoms with Crippen molar-refractivity contribution >= 4 is 43.5 Å². The van der Waals surface area contributed by atoms with E-state index < -0.39 is 28.6 Å². The SMILES string of the molecule is COC(=O)CN([C@@H](C)c1cccc(Br)c1)S(=O)(=O)c1cccc(Cl)c1C. The van der Waals surface area contributed by atoms with Crippen molar-refractivity contribution in [2.24, 2.45) is 0 Å². The zero-order valence-electron chi connectivity index (χ0n) is 14.6. The molecule has 0 aliphatic rings. The topological polar surface area (TPSA) is 63.7 Å². The summed E-state index contributed by atoms with van der Waals surface area (Å²) in [6.45, 7) is 2.95. The Balaban J connectivity index is 2.56. The summed E-state index contributed by atoms with van der Waals surface area (Å²) in [5.41, 5.74) is 1.18. The van der Waals surface area contributed by atoms with Gasteiger partial charge in [0.1, 0.15) is 6.54 Å². The predicted molar refractivity (Wildman–Crippen MR) is 105 cm³/mol. The van der Waals surface area contributed by atoms with Crippen molar-refractivity contribution in [1.29, 1.82) is 0 Å². The van der Waals surface area contributed by atoms with Crippen molar-refractivity contribution in [2.75, 3.05) is 13.7 Å². The molecule has 0 radical (unpaired) electrons. The largest absolute Gasteiger partial charge is 0.468 e. The molecule has 0 amide bonds. The Morgan fingerprint density at radius 2 is 1.92 bits per heavy atom. The Bertz CT molecular complexity index is 917. The quantitative estimate of drug-likeness (QED) is 0.602. The second-order valence-electron chi connectivity index (χ2n) is 5.72. The van der Waals surface area contributed by atoms with Crippen molar-refractivity contribution in [3.8, 4) is 0 Å². The van der Waals surface area contributed by atoms with Gasteiger partial charge in [0.05, 0.1) is 12.0 Å². The Kier molecular flexibility index (Phi) is 6.85. The summed E-state index contributed by atoms with van der Waals surface area (Å²) >= 11 is 9.48. The first-order chi connectivity index (χ1) is 12.2. The molecule has 8 heteroatoms. The van der Waals surface area contributed by atoms with Crippen molar-refractivity contribution in [3.63, 3.8) is 0 Å². The number of sulfonamides is 1. The van der Waals surface area contributed by atoms with Crippen LogP contribution in [-0.4, -0.2) is 32.3 Å². The third-order valence-corrected chi connectivity index (χ3v) is 7.04. The summed E-state index contributed by atoms with van der Waals surface area (Å²) in [6, 6.07) is 11.4. The number of carbonyl (C=O) groups excluding carboxylic acids is 1. The molecule has 0 heterocycles. The molecule has 1 atom stereocenters. The van der Waals surface area contributed by atoms with Crippen LogP contribution in [0.2, 0.25) is 5.02 Å². The maximum Gasteiger partial charge on any atom is 0.321 e. The molecule has 26 heavy (non-hydrogen) atoms. The Hall–Kier alpha value is -1.41. The number of ether oxygens (including phenoxy) is 1. The van der Waals surface area contributed by atoms with Crippen LogP contribution in [0.25, 0.3) is 0 Å². The fourth-order valence-corrected chi connectivity index (χ4v) is 5.01. The van der Waals surface area contributed by atoms with Gasteiger partial charge in [0.25, 0.3) is 0 Å². The Morgan fingerprint density at radius 3 is 2.54 bits per heavy atom. The highest BCUT2D eigenvalue weighted by Crippen LogP contribution is 2.32. The molecule has 0 aliphatic heterocycles. The van der Waals surface area contributed by atoms with Crippen LogP contribution in [0.3, 0.4) is 0 Å². The molecular weight excluding hydrogens is 442 g/mol. The molecule has 0 saturated heterocycles. The molecule has 0 bridgehead atoms. The lowest BCUT2D eigenvalue weighted by Crippen LogP contribution is -2.38. The number of methoxy groups -OCH3 is 1. The molecule has 5 nitrogen and oxygen atoms in total. The average Bonchev–Trinajstić information content (AvgIpc) is 2.60. The first kappa shape index (κ1) is 20.9.